The minimum Gasteiger partial charge on any atom is -0.388 e. The highest BCUT2D eigenvalue weighted by Crippen LogP contribution is 2.34. The van der Waals surface area contributed by atoms with Gasteiger partial charge in [-0.15, -0.1) is 0 Å². The molecule has 1 heteroatoms. The van der Waals surface area contributed by atoms with E-state index in [-0.39, 0.29) is 6.10 Å². The van der Waals surface area contributed by atoms with Gasteiger partial charge < -0.3 is 5.11 Å². The number of aliphatic hydroxyl groups is 1. The van der Waals surface area contributed by atoms with Crippen molar-refractivity contribution < 1.29 is 5.11 Å². The van der Waals surface area contributed by atoms with Gasteiger partial charge in [-0.3, -0.25) is 0 Å². The summed E-state index contributed by atoms with van der Waals surface area (Å²) in [5.41, 5.74) is 2.78. The maximum atomic E-state index is 10.4. The molecular formula is C15H24O. The van der Waals surface area contributed by atoms with E-state index in [0.29, 0.717) is 11.8 Å². The van der Waals surface area contributed by atoms with E-state index in [2.05, 4.69) is 26.0 Å². The molecule has 0 radical (unpaired) electrons. The van der Waals surface area contributed by atoms with Crippen molar-refractivity contribution in [2.45, 2.75) is 58.5 Å². The molecule has 3 unspecified atom stereocenters. The van der Waals surface area contributed by atoms with Crippen molar-refractivity contribution in [3.8, 4) is 0 Å². The molecule has 90 valence electrons. The van der Waals surface area contributed by atoms with Gasteiger partial charge >= 0.3 is 0 Å². The third-order valence-electron chi connectivity index (χ3n) is 3.98. The SMILES string of the molecule is CC1=CC(C)CC(C(O)C2=CCCCC2)C1. The molecule has 1 nitrogen and oxygen atoms in total. The molecule has 1 N–H and O–H groups in total. The molecule has 3 atom stereocenters. The molecule has 0 bridgehead atoms. The molecule has 0 aliphatic heterocycles. The Balaban J connectivity index is 2.02. The molecule has 2 aliphatic carbocycles. The van der Waals surface area contributed by atoms with Gasteiger partial charge in [-0.25, -0.2) is 0 Å². The second-order valence-electron chi connectivity index (χ2n) is 5.66. The van der Waals surface area contributed by atoms with Crippen LogP contribution in [0.2, 0.25) is 0 Å². The fraction of sp³-hybridized carbons (Fsp3) is 0.733. The zero-order chi connectivity index (χ0) is 11.5. The van der Waals surface area contributed by atoms with Crippen LogP contribution >= 0.6 is 0 Å². The quantitative estimate of drug-likeness (QED) is 0.701. The van der Waals surface area contributed by atoms with Crippen molar-refractivity contribution >= 4 is 0 Å². The molecule has 0 fully saturated rings. The van der Waals surface area contributed by atoms with Gasteiger partial charge in [-0.2, -0.15) is 0 Å². The van der Waals surface area contributed by atoms with Crippen LogP contribution in [-0.4, -0.2) is 11.2 Å². The van der Waals surface area contributed by atoms with Gasteiger partial charge in [0, 0.05) is 0 Å². The molecule has 0 heterocycles. The smallest absolute Gasteiger partial charge is 0.0781 e. The first kappa shape index (κ1) is 11.9. The Labute approximate surface area is 99.3 Å². The summed E-state index contributed by atoms with van der Waals surface area (Å²) >= 11 is 0. The maximum Gasteiger partial charge on any atom is 0.0781 e. The van der Waals surface area contributed by atoms with E-state index in [1.165, 1.54) is 30.4 Å². The monoisotopic (exact) mass is 220 g/mol. The van der Waals surface area contributed by atoms with Crippen molar-refractivity contribution in [2.75, 3.05) is 0 Å². The summed E-state index contributed by atoms with van der Waals surface area (Å²) in [6.07, 6.45) is 11.6. The van der Waals surface area contributed by atoms with Crippen LogP contribution in [0.1, 0.15) is 52.4 Å². The van der Waals surface area contributed by atoms with Gasteiger partial charge in [-0.05, 0) is 62.9 Å². The van der Waals surface area contributed by atoms with Gasteiger partial charge in [0.05, 0.1) is 6.10 Å². The molecule has 0 spiro atoms. The fourth-order valence-electron chi connectivity index (χ4n) is 3.27. The number of allylic oxidation sites excluding steroid dienone is 3. The van der Waals surface area contributed by atoms with E-state index in [1.807, 2.05) is 0 Å². The Kier molecular flexibility index (Phi) is 3.86. The predicted molar refractivity (Wildman–Crippen MR) is 68.2 cm³/mol. The van der Waals surface area contributed by atoms with Gasteiger partial charge in [0.25, 0.3) is 0 Å². The van der Waals surface area contributed by atoms with Crippen LogP contribution in [-0.2, 0) is 0 Å². The largest absolute Gasteiger partial charge is 0.388 e. The lowest BCUT2D eigenvalue weighted by Crippen LogP contribution is -2.27. The third kappa shape index (κ3) is 2.76. The Morgan fingerprint density at radius 2 is 2.19 bits per heavy atom. The highest BCUT2D eigenvalue weighted by molar-refractivity contribution is 5.16. The van der Waals surface area contributed by atoms with Gasteiger partial charge in [0.15, 0.2) is 0 Å². The lowest BCUT2D eigenvalue weighted by atomic mass is 9.77. The van der Waals surface area contributed by atoms with Crippen LogP contribution < -0.4 is 0 Å². The van der Waals surface area contributed by atoms with E-state index >= 15 is 0 Å². The lowest BCUT2D eigenvalue weighted by molar-refractivity contribution is 0.119. The summed E-state index contributed by atoms with van der Waals surface area (Å²) in [7, 11) is 0. The first-order valence-electron chi connectivity index (χ1n) is 6.71. The Morgan fingerprint density at radius 3 is 2.81 bits per heavy atom. The van der Waals surface area contributed by atoms with E-state index in [1.54, 1.807) is 0 Å². The molecule has 16 heavy (non-hydrogen) atoms. The standard InChI is InChI=1S/C15H24O/c1-11-8-12(2)10-14(9-11)15(16)13-6-4-3-5-7-13/h6,8,11,14-16H,3-5,7,9-10H2,1-2H3. The lowest BCUT2D eigenvalue weighted by Gasteiger charge is -2.31. The Morgan fingerprint density at radius 1 is 1.38 bits per heavy atom. The minimum absolute atomic E-state index is 0.175. The van der Waals surface area contributed by atoms with E-state index in [0.717, 1.165) is 19.3 Å². The predicted octanol–water partition coefficient (Wildman–Crippen LogP) is 3.84. The van der Waals surface area contributed by atoms with E-state index in [4.69, 9.17) is 0 Å². The van der Waals surface area contributed by atoms with E-state index < -0.39 is 0 Å². The third-order valence-corrected chi connectivity index (χ3v) is 3.98. The minimum atomic E-state index is -0.175. The molecule has 0 aromatic rings. The average Bonchev–Trinajstić information content (AvgIpc) is 2.28. The van der Waals surface area contributed by atoms with Gasteiger partial charge in [0.1, 0.15) is 0 Å². The van der Waals surface area contributed by atoms with Gasteiger partial charge in [0.2, 0.25) is 0 Å². The average molecular weight is 220 g/mol. The summed E-state index contributed by atoms with van der Waals surface area (Å²) in [6, 6.07) is 0. The zero-order valence-corrected chi connectivity index (χ0v) is 10.6. The van der Waals surface area contributed by atoms with Crippen molar-refractivity contribution in [3.63, 3.8) is 0 Å². The van der Waals surface area contributed by atoms with Crippen molar-refractivity contribution in [2.24, 2.45) is 11.8 Å². The highest BCUT2D eigenvalue weighted by atomic mass is 16.3. The summed E-state index contributed by atoms with van der Waals surface area (Å²) in [6.45, 7) is 4.46. The molecule has 2 aliphatic rings. The summed E-state index contributed by atoms with van der Waals surface area (Å²) < 4.78 is 0. The molecular weight excluding hydrogens is 196 g/mol. The van der Waals surface area contributed by atoms with Gasteiger partial charge in [-0.1, -0.05) is 24.6 Å². The number of aliphatic hydroxyl groups excluding tert-OH is 1. The molecule has 0 aromatic heterocycles. The number of rotatable bonds is 2. The Bertz CT molecular complexity index is 301. The van der Waals surface area contributed by atoms with Crippen LogP contribution in [0.25, 0.3) is 0 Å². The summed E-state index contributed by atoms with van der Waals surface area (Å²) in [5, 5.41) is 10.4. The highest BCUT2D eigenvalue weighted by Gasteiger charge is 2.27. The van der Waals surface area contributed by atoms with Crippen LogP contribution in [0.4, 0.5) is 0 Å². The molecule has 0 saturated heterocycles. The molecule has 0 saturated carbocycles. The second kappa shape index (κ2) is 5.18. The van der Waals surface area contributed by atoms with Crippen molar-refractivity contribution in [3.05, 3.63) is 23.3 Å². The van der Waals surface area contributed by atoms with Crippen molar-refractivity contribution in [1.82, 2.24) is 0 Å². The molecule has 2 rings (SSSR count). The number of hydrogen-bond acceptors (Lipinski definition) is 1. The normalized spacial score (nSPS) is 32.9. The maximum absolute atomic E-state index is 10.4. The first-order chi connectivity index (χ1) is 7.66. The van der Waals surface area contributed by atoms with Crippen LogP contribution in [0.15, 0.2) is 23.3 Å². The van der Waals surface area contributed by atoms with Crippen molar-refractivity contribution in [1.29, 1.82) is 0 Å². The molecule has 0 amide bonds. The Hall–Kier alpha value is -0.560. The van der Waals surface area contributed by atoms with Crippen LogP contribution in [0, 0.1) is 11.8 Å². The number of hydrogen-bond donors (Lipinski definition) is 1. The molecule has 0 aromatic carbocycles. The first-order valence-corrected chi connectivity index (χ1v) is 6.71. The second-order valence-corrected chi connectivity index (χ2v) is 5.66. The van der Waals surface area contributed by atoms with Crippen LogP contribution in [0.5, 0.6) is 0 Å². The van der Waals surface area contributed by atoms with E-state index in [9.17, 15) is 5.11 Å². The summed E-state index contributed by atoms with van der Waals surface area (Å²) in [5.74, 6) is 1.10. The van der Waals surface area contributed by atoms with Crippen LogP contribution in [0.3, 0.4) is 0 Å². The fourth-order valence-corrected chi connectivity index (χ4v) is 3.27. The summed E-state index contributed by atoms with van der Waals surface area (Å²) in [4.78, 5) is 0. The zero-order valence-electron chi connectivity index (χ0n) is 10.6. The topological polar surface area (TPSA) is 20.2 Å².